The molecule has 0 amide bonds. The number of nitrogens with one attached hydrogen (secondary N) is 1. The maximum Gasteiger partial charge on any atom is 0.351 e. The summed E-state index contributed by atoms with van der Waals surface area (Å²) in [6, 6.07) is 26.9. The summed E-state index contributed by atoms with van der Waals surface area (Å²) in [7, 11) is 4.64. The zero-order valence-electron chi connectivity index (χ0n) is 23.0. The van der Waals surface area contributed by atoms with Crippen molar-refractivity contribution < 1.29 is 29.2 Å². The molecule has 10 heteroatoms. The van der Waals surface area contributed by atoms with Gasteiger partial charge in [0.15, 0.2) is 6.23 Å². The minimum absolute atomic E-state index is 0.313. The highest BCUT2D eigenvalue weighted by atomic mass is 16.6. The number of hydrogen-bond acceptors (Lipinski definition) is 9. The number of benzene rings is 3. The van der Waals surface area contributed by atoms with E-state index < -0.39 is 42.4 Å². The monoisotopic (exact) mass is 559 g/mol. The summed E-state index contributed by atoms with van der Waals surface area (Å²) in [6.45, 7) is -0.414. The van der Waals surface area contributed by atoms with Crippen molar-refractivity contribution in [1.82, 2.24) is 9.55 Å². The van der Waals surface area contributed by atoms with Crippen molar-refractivity contribution in [2.45, 2.75) is 30.1 Å². The van der Waals surface area contributed by atoms with Gasteiger partial charge in [-0.3, -0.25) is 4.57 Å². The van der Waals surface area contributed by atoms with E-state index in [1.165, 1.54) is 11.7 Å². The van der Waals surface area contributed by atoms with E-state index in [4.69, 9.17) is 18.9 Å². The van der Waals surface area contributed by atoms with Gasteiger partial charge >= 0.3 is 5.69 Å². The highest BCUT2D eigenvalue weighted by Crippen LogP contribution is 2.41. The molecule has 3 N–H and O–H groups in total. The lowest BCUT2D eigenvalue weighted by atomic mass is 9.77. The first kappa shape index (κ1) is 28.3. The lowest BCUT2D eigenvalue weighted by Gasteiger charge is -2.37. The molecule has 41 heavy (non-hydrogen) atoms. The standard InChI is InChI=1S/C31H33N3O7/c1-38-23-13-9-21(10-14-23)31(20-7-5-4-6-8-20,22-11-15-24(39-2)16-12-22)33-26-17-18-34(30(37)32-26)29-28(40-3)27(36)25(19-35)41-29/h4-18,25,27-29,35-36H,19H2,1-3H3,(H,32,33,37)/t25-,27?,28?,29-/m1/s1. The summed E-state index contributed by atoms with van der Waals surface area (Å²) in [5.74, 6) is 1.73. The van der Waals surface area contributed by atoms with Gasteiger partial charge in [0.25, 0.3) is 0 Å². The molecule has 1 aromatic heterocycles. The molecule has 0 bridgehead atoms. The van der Waals surface area contributed by atoms with Crippen LogP contribution in [-0.4, -0.2) is 66.0 Å². The maximum atomic E-state index is 13.4. The van der Waals surface area contributed by atoms with Crippen LogP contribution in [0.25, 0.3) is 0 Å². The van der Waals surface area contributed by atoms with Crippen LogP contribution in [0, 0.1) is 0 Å². The molecule has 0 aliphatic carbocycles. The minimum atomic E-state index is -1.10. The number of aliphatic hydroxyl groups excluding tert-OH is 2. The van der Waals surface area contributed by atoms with E-state index in [2.05, 4.69) is 10.3 Å². The predicted octanol–water partition coefficient (Wildman–Crippen LogP) is 2.93. The molecule has 2 unspecified atom stereocenters. The Kier molecular flexibility index (Phi) is 8.36. The molecule has 4 aromatic rings. The number of ether oxygens (including phenoxy) is 4. The average Bonchev–Trinajstić information content (AvgIpc) is 3.35. The second-order valence-electron chi connectivity index (χ2n) is 9.64. The summed E-state index contributed by atoms with van der Waals surface area (Å²) < 4.78 is 23.2. The van der Waals surface area contributed by atoms with Gasteiger partial charge in [-0.2, -0.15) is 4.98 Å². The molecule has 4 atom stereocenters. The van der Waals surface area contributed by atoms with Gasteiger partial charge in [-0.15, -0.1) is 0 Å². The van der Waals surface area contributed by atoms with E-state index in [9.17, 15) is 15.0 Å². The first-order chi connectivity index (χ1) is 19.9. The summed E-state index contributed by atoms with van der Waals surface area (Å²) in [5.41, 5.74) is 1.09. The van der Waals surface area contributed by atoms with Gasteiger partial charge in [0.2, 0.25) is 0 Å². The fourth-order valence-corrected chi connectivity index (χ4v) is 5.30. The van der Waals surface area contributed by atoms with Crippen molar-refractivity contribution >= 4 is 5.82 Å². The molecule has 0 radical (unpaired) electrons. The molecule has 0 spiro atoms. The third kappa shape index (κ3) is 5.30. The van der Waals surface area contributed by atoms with Crippen molar-refractivity contribution in [2.24, 2.45) is 0 Å². The van der Waals surface area contributed by atoms with Crippen molar-refractivity contribution in [3.05, 3.63) is 118 Å². The van der Waals surface area contributed by atoms with E-state index in [-0.39, 0.29) is 0 Å². The third-order valence-corrected chi connectivity index (χ3v) is 7.44. The lowest BCUT2D eigenvalue weighted by molar-refractivity contribution is -0.0624. The zero-order chi connectivity index (χ0) is 29.0. The van der Waals surface area contributed by atoms with E-state index >= 15 is 0 Å². The number of aliphatic hydroxyl groups is 2. The molecule has 1 saturated heterocycles. The predicted molar refractivity (Wildman–Crippen MR) is 152 cm³/mol. The molecule has 1 aliphatic rings. The third-order valence-electron chi connectivity index (χ3n) is 7.44. The Morgan fingerprint density at radius 3 is 1.93 bits per heavy atom. The molecule has 10 nitrogen and oxygen atoms in total. The maximum absolute atomic E-state index is 13.4. The number of nitrogens with zero attached hydrogens (tertiary/aromatic N) is 2. The molecule has 3 aromatic carbocycles. The Morgan fingerprint density at radius 2 is 1.44 bits per heavy atom. The Morgan fingerprint density at radius 1 is 0.878 bits per heavy atom. The van der Waals surface area contributed by atoms with Gasteiger partial charge in [-0.25, -0.2) is 4.79 Å². The molecule has 5 rings (SSSR count). The van der Waals surface area contributed by atoms with E-state index in [0.717, 1.165) is 16.7 Å². The van der Waals surface area contributed by atoms with Crippen LogP contribution >= 0.6 is 0 Å². The van der Waals surface area contributed by atoms with Crippen LogP contribution in [-0.2, 0) is 15.0 Å². The summed E-state index contributed by atoms with van der Waals surface area (Å²) in [6.07, 6.45) is -2.25. The quantitative estimate of drug-likeness (QED) is 0.252. The van der Waals surface area contributed by atoms with Crippen LogP contribution < -0.4 is 20.5 Å². The summed E-state index contributed by atoms with van der Waals surface area (Å²) in [4.78, 5) is 17.7. The second kappa shape index (κ2) is 12.1. The first-order valence-electron chi connectivity index (χ1n) is 13.1. The zero-order valence-corrected chi connectivity index (χ0v) is 23.0. The van der Waals surface area contributed by atoms with Crippen LogP contribution in [0.15, 0.2) is 95.9 Å². The topological polar surface area (TPSA) is 124 Å². The van der Waals surface area contributed by atoms with Gasteiger partial charge in [-0.05, 0) is 47.0 Å². The Balaban J connectivity index is 1.63. The smallest absolute Gasteiger partial charge is 0.351 e. The van der Waals surface area contributed by atoms with Crippen molar-refractivity contribution in [1.29, 1.82) is 0 Å². The Hall–Kier alpha value is -4.22. The summed E-state index contributed by atoms with van der Waals surface area (Å²) in [5, 5.41) is 23.6. The van der Waals surface area contributed by atoms with Gasteiger partial charge < -0.3 is 34.5 Å². The fraction of sp³-hybridized carbons (Fsp3) is 0.290. The van der Waals surface area contributed by atoms with Gasteiger partial charge in [-0.1, -0.05) is 54.6 Å². The Labute approximate surface area is 237 Å². The Bertz CT molecular complexity index is 1450. The molecule has 2 heterocycles. The van der Waals surface area contributed by atoms with Crippen molar-refractivity contribution in [3.63, 3.8) is 0 Å². The second-order valence-corrected chi connectivity index (χ2v) is 9.64. The largest absolute Gasteiger partial charge is 0.497 e. The van der Waals surface area contributed by atoms with Crippen LogP contribution in [0.5, 0.6) is 11.5 Å². The van der Waals surface area contributed by atoms with Crippen molar-refractivity contribution in [3.8, 4) is 11.5 Å². The number of aromatic nitrogens is 2. The number of anilines is 1. The van der Waals surface area contributed by atoms with Crippen LogP contribution in [0.2, 0.25) is 0 Å². The van der Waals surface area contributed by atoms with Crippen molar-refractivity contribution in [2.75, 3.05) is 33.3 Å². The lowest BCUT2D eigenvalue weighted by Crippen LogP contribution is -2.40. The molecule has 1 aliphatic heterocycles. The SMILES string of the molecule is COc1ccc(C(Nc2ccn([C@@H]3O[C@H](CO)C(O)C3OC)c(=O)n2)(c2ccccc2)c2ccc(OC)cc2)cc1. The number of methoxy groups -OCH3 is 3. The highest BCUT2D eigenvalue weighted by Gasteiger charge is 2.45. The van der Waals surface area contributed by atoms with Crippen LogP contribution in [0.3, 0.4) is 0 Å². The highest BCUT2D eigenvalue weighted by molar-refractivity contribution is 5.59. The molecule has 1 fully saturated rings. The van der Waals surface area contributed by atoms with Crippen LogP contribution in [0.4, 0.5) is 5.82 Å². The fourth-order valence-electron chi connectivity index (χ4n) is 5.30. The van der Waals surface area contributed by atoms with Gasteiger partial charge in [0.1, 0.15) is 41.2 Å². The first-order valence-corrected chi connectivity index (χ1v) is 13.1. The van der Waals surface area contributed by atoms with Gasteiger partial charge in [0, 0.05) is 13.3 Å². The number of rotatable bonds is 10. The normalized spacial score (nSPS) is 20.5. The molecule has 214 valence electrons. The van der Waals surface area contributed by atoms with E-state index in [0.29, 0.717) is 17.3 Å². The van der Waals surface area contributed by atoms with Gasteiger partial charge in [0.05, 0.1) is 20.8 Å². The van der Waals surface area contributed by atoms with E-state index in [1.807, 2.05) is 78.9 Å². The van der Waals surface area contributed by atoms with E-state index in [1.54, 1.807) is 26.5 Å². The minimum Gasteiger partial charge on any atom is -0.497 e. The van der Waals surface area contributed by atoms with Crippen LogP contribution in [0.1, 0.15) is 22.9 Å². The summed E-state index contributed by atoms with van der Waals surface area (Å²) >= 11 is 0. The molecule has 0 saturated carbocycles. The molecular formula is C31H33N3O7. The molecular weight excluding hydrogens is 526 g/mol. The average molecular weight is 560 g/mol. The number of hydrogen-bond donors (Lipinski definition) is 3.